The molecule has 0 bridgehead atoms. The third kappa shape index (κ3) is 35.4. The summed E-state index contributed by atoms with van der Waals surface area (Å²) in [6, 6.07) is 0. The lowest BCUT2D eigenvalue weighted by Crippen LogP contribution is -2.05. The van der Waals surface area contributed by atoms with E-state index in [1.165, 1.54) is 186 Å². The molecule has 0 saturated heterocycles. The number of carbonyl (C=O) groups excluding carboxylic acids is 1. The second-order valence-electron chi connectivity index (χ2n) is 12.6. The Kier molecular flexibility index (Phi) is 35.0. The maximum absolute atomic E-state index is 11.6. The molecule has 0 amide bonds. The summed E-state index contributed by atoms with van der Waals surface area (Å²) in [5, 5.41) is 0. The van der Waals surface area contributed by atoms with Gasteiger partial charge in [-0.05, 0) is 12.8 Å². The summed E-state index contributed by atoms with van der Waals surface area (Å²) in [7, 11) is 0. The monoisotopic (exact) mass is 551 g/mol. The van der Waals surface area contributed by atoms with E-state index in [-0.39, 0.29) is 5.97 Å². The maximum atomic E-state index is 11.6. The molecule has 0 rings (SSSR count). The molecule has 0 unspecified atom stereocenters. The Morgan fingerprint density at radius 3 is 0.846 bits per heavy atom. The smallest absolute Gasteiger partial charge is 0.305 e. The second kappa shape index (κ2) is 35.5. The fraction of sp³-hybridized carbons (Fsp3) is 0.973. The molecule has 0 radical (unpaired) electrons. The van der Waals surface area contributed by atoms with Gasteiger partial charge in [0.05, 0.1) is 6.61 Å². The summed E-state index contributed by atoms with van der Waals surface area (Å²) in [6.07, 6.45) is 45.0. The van der Waals surface area contributed by atoms with E-state index in [0.29, 0.717) is 13.0 Å². The third-order valence-electron chi connectivity index (χ3n) is 8.50. The molecular formula is C37H74O2. The standard InChI is InChI=1S/C37H74O2/c1-3-5-7-9-10-11-12-13-14-15-16-17-18-19-20-21-22-23-24-25-26-27-28-29-30-31-32-34-36-39-37(38)35-33-8-6-4-2/h3-36H2,1-2H3. The first-order valence-electron chi connectivity index (χ1n) is 18.5. The minimum absolute atomic E-state index is 0.0103. The van der Waals surface area contributed by atoms with Gasteiger partial charge in [-0.3, -0.25) is 4.79 Å². The Balaban J connectivity index is 3.07. The highest BCUT2D eigenvalue weighted by Crippen LogP contribution is 2.16. The number of hydrogen-bond donors (Lipinski definition) is 0. The van der Waals surface area contributed by atoms with Gasteiger partial charge in [0.25, 0.3) is 0 Å². The lowest BCUT2D eigenvalue weighted by atomic mass is 10.0. The van der Waals surface area contributed by atoms with Crippen molar-refractivity contribution in [1.82, 2.24) is 0 Å². The van der Waals surface area contributed by atoms with Gasteiger partial charge >= 0.3 is 5.97 Å². The average molecular weight is 551 g/mol. The molecule has 2 heteroatoms. The zero-order valence-electron chi connectivity index (χ0n) is 27.4. The zero-order chi connectivity index (χ0) is 28.3. The number of ether oxygens (including phenoxy) is 1. The first-order valence-corrected chi connectivity index (χ1v) is 18.5. The summed E-state index contributed by atoms with van der Waals surface area (Å²) < 4.78 is 5.34. The van der Waals surface area contributed by atoms with Crippen LogP contribution in [0.1, 0.15) is 226 Å². The minimum Gasteiger partial charge on any atom is -0.466 e. The fourth-order valence-corrected chi connectivity index (χ4v) is 5.73. The Morgan fingerprint density at radius 1 is 0.333 bits per heavy atom. The van der Waals surface area contributed by atoms with Crippen LogP contribution in [0.2, 0.25) is 0 Å². The molecule has 0 spiro atoms. The molecule has 0 fully saturated rings. The Labute approximate surface area is 247 Å². The quantitative estimate of drug-likeness (QED) is 0.0588. The van der Waals surface area contributed by atoms with Crippen molar-refractivity contribution in [3.63, 3.8) is 0 Å². The van der Waals surface area contributed by atoms with Crippen LogP contribution in [0.5, 0.6) is 0 Å². The first kappa shape index (κ1) is 38.5. The van der Waals surface area contributed by atoms with Crippen LogP contribution in [0, 0.1) is 0 Å². The molecule has 0 saturated carbocycles. The van der Waals surface area contributed by atoms with Gasteiger partial charge in [-0.2, -0.15) is 0 Å². The van der Waals surface area contributed by atoms with Crippen molar-refractivity contribution >= 4 is 5.97 Å². The van der Waals surface area contributed by atoms with Gasteiger partial charge in [0.1, 0.15) is 0 Å². The van der Waals surface area contributed by atoms with Crippen LogP contribution in [0.15, 0.2) is 0 Å². The topological polar surface area (TPSA) is 26.3 Å². The van der Waals surface area contributed by atoms with E-state index < -0.39 is 0 Å². The molecule has 0 aliphatic rings. The van der Waals surface area contributed by atoms with Gasteiger partial charge in [-0.25, -0.2) is 0 Å². The van der Waals surface area contributed by atoms with E-state index >= 15 is 0 Å². The molecule has 234 valence electrons. The van der Waals surface area contributed by atoms with Crippen molar-refractivity contribution in [2.24, 2.45) is 0 Å². The highest BCUT2D eigenvalue weighted by atomic mass is 16.5. The van der Waals surface area contributed by atoms with E-state index in [1.807, 2.05) is 0 Å². The van der Waals surface area contributed by atoms with Crippen LogP contribution in [0.4, 0.5) is 0 Å². The van der Waals surface area contributed by atoms with Crippen molar-refractivity contribution in [2.45, 2.75) is 226 Å². The lowest BCUT2D eigenvalue weighted by Gasteiger charge is -2.05. The highest BCUT2D eigenvalue weighted by molar-refractivity contribution is 5.69. The number of carbonyl (C=O) groups is 1. The second-order valence-corrected chi connectivity index (χ2v) is 12.6. The molecule has 39 heavy (non-hydrogen) atoms. The van der Waals surface area contributed by atoms with E-state index in [1.54, 1.807) is 0 Å². The minimum atomic E-state index is 0.0103. The fourth-order valence-electron chi connectivity index (χ4n) is 5.73. The summed E-state index contributed by atoms with van der Waals surface area (Å²) in [5.74, 6) is 0.0103. The van der Waals surface area contributed by atoms with Crippen molar-refractivity contribution in [2.75, 3.05) is 6.61 Å². The van der Waals surface area contributed by atoms with E-state index in [2.05, 4.69) is 13.8 Å². The van der Waals surface area contributed by atoms with Gasteiger partial charge in [0, 0.05) is 6.42 Å². The van der Waals surface area contributed by atoms with Crippen molar-refractivity contribution < 1.29 is 9.53 Å². The van der Waals surface area contributed by atoms with Gasteiger partial charge in [-0.1, -0.05) is 206 Å². The van der Waals surface area contributed by atoms with Gasteiger partial charge in [0.15, 0.2) is 0 Å². The molecule has 0 aliphatic carbocycles. The number of unbranched alkanes of at least 4 members (excludes halogenated alkanes) is 30. The summed E-state index contributed by atoms with van der Waals surface area (Å²) >= 11 is 0. The van der Waals surface area contributed by atoms with E-state index in [9.17, 15) is 4.79 Å². The van der Waals surface area contributed by atoms with Crippen LogP contribution >= 0.6 is 0 Å². The van der Waals surface area contributed by atoms with Crippen molar-refractivity contribution in [3.05, 3.63) is 0 Å². The molecule has 0 aliphatic heterocycles. The summed E-state index contributed by atoms with van der Waals surface area (Å²) in [4.78, 5) is 11.6. The average Bonchev–Trinajstić information content (AvgIpc) is 2.94. The van der Waals surface area contributed by atoms with Crippen LogP contribution < -0.4 is 0 Å². The Bertz CT molecular complexity index is 447. The zero-order valence-corrected chi connectivity index (χ0v) is 27.4. The van der Waals surface area contributed by atoms with Gasteiger partial charge in [0.2, 0.25) is 0 Å². The van der Waals surface area contributed by atoms with E-state index in [0.717, 1.165) is 19.3 Å². The molecule has 0 atom stereocenters. The molecule has 0 aromatic carbocycles. The van der Waals surface area contributed by atoms with E-state index in [4.69, 9.17) is 4.74 Å². The number of esters is 1. The van der Waals surface area contributed by atoms with Crippen molar-refractivity contribution in [1.29, 1.82) is 0 Å². The maximum Gasteiger partial charge on any atom is 0.305 e. The molecular weight excluding hydrogens is 476 g/mol. The summed E-state index contributed by atoms with van der Waals surface area (Å²) in [6.45, 7) is 5.13. The predicted octanol–water partition coefficient (Wildman–Crippen LogP) is 13.4. The Morgan fingerprint density at radius 2 is 0.564 bits per heavy atom. The number of hydrogen-bond acceptors (Lipinski definition) is 2. The Hall–Kier alpha value is -0.530. The molecule has 0 aromatic rings. The van der Waals surface area contributed by atoms with Crippen molar-refractivity contribution in [3.8, 4) is 0 Å². The van der Waals surface area contributed by atoms with Crippen LogP contribution in [-0.2, 0) is 9.53 Å². The van der Waals surface area contributed by atoms with Gasteiger partial charge < -0.3 is 4.74 Å². The van der Waals surface area contributed by atoms with Crippen LogP contribution in [0.25, 0.3) is 0 Å². The van der Waals surface area contributed by atoms with Crippen LogP contribution in [0.3, 0.4) is 0 Å². The number of rotatable bonds is 34. The largest absolute Gasteiger partial charge is 0.466 e. The SMILES string of the molecule is CCCCCCCCCCCCCCCCCCCCCCCCCCCCCCOC(=O)CCCCCC. The molecule has 2 nitrogen and oxygen atoms in total. The van der Waals surface area contributed by atoms with Crippen LogP contribution in [-0.4, -0.2) is 12.6 Å². The summed E-state index contributed by atoms with van der Waals surface area (Å²) in [5.41, 5.74) is 0. The molecule has 0 N–H and O–H groups in total. The van der Waals surface area contributed by atoms with Gasteiger partial charge in [-0.15, -0.1) is 0 Å². The normalized spacial score (nSPS) is 11.3. The highest BCUT2D eigenvalue weighted by Gasteiger charge is 2.02. The third-order valence-corrected chi connectivity index (χ3v) is 8.50. The predicted molar refractivity (Wildman–Crippen MR) is 175 cm³/mol. The first-order chi connectivity index (χ1) is 19.3. The molecule has 0 aromatic heterocycles. The molecule has 0 heterocycles. The lowest BCUT2D eigenvalue weighted by molar-refractivity contribution is -0.143.